The van der Waals surface area contributed by atoms with E-state index in [1.54, 1.807) is 36.4 Å². The van der Waals surface area contributed by atoms with Crippen LogP contribution in [0.2, 0.25) is 0 Å². The molecule has 1 amide bonds. The minimum Gasteiger partial charge on any atom is -0.324 e. The Hall–Kier alpha value is -2.78. The van der Waals surface area contributed by atoms with Crippen LogP contribution in [0.5, 0.6) is 0 Å². The van der Waals surface area contributed by atoms with Gasteiger partial charge in [-0.05, 0) is 53.9 Å². The van der Waals surface area contributed by atoms with Crippen LogP contribution >= 0.6 is 15.9 Å². The first-order valence-corrected chi connectivity index (χ1v) is 11.4. The van der Waals surface area contributed by atoms with Crippen molar-refractivity contribution in [3.8, 4) is 0 Å². The molecule has 156 valence electrons. The molecule has 1 N–H and O–H groups in total. The molecule has 0 saturated carbocycles. The number of amides is 1. The molecule has 0 aliphatic rings. The van der Waals surface area contributed by atoms with Crippen molar-refractivity contribution in [1.82, 2.24) is 9.78 Å². The lowest BCUT2D eigenvalue weighted by Gasteiger charge is -2.10. The van der Waals surface area contributed by atoms with Crippen LogP contribution in [0.15, 0.2) is 79.9 Å². The van der Waals surface area contributed by atoms with Gasteiger partial charge in [0.2, 0.25) is 15.7 Å². The molecule has 0 atom stereocenters. The molecule has 30 heavy (non-hydrogen) atoms. The van der Waals surface area contributed by atoms with E-state index < -0.39 is 27.8 Å². The van der Waals surface area contributed by atoms with Crippen LogP contribution in [0.1, 0.15) is 25.3 Å². The van der Waals surface area contributed by atoms with Crippen LogP contribution in [0, 0.1) is 0 Å². The first-order valence-electron chi connectivity index (χ1n) is 9.15. The van der Waals surface area contributed by atoms with Gasteiger partial charge in [-0.2, -0.15) is 5.10 Å². The molecule has 7 nitrogen and oxygen atoms in total. The van der Waals surface area contributed by atoms with Gasteiger partial charge in [0.25, 0.3) is 5.56 Å². The molecule has 0 unspecified atom stereocenters. The number of halogens is 1. The summed E-state index contributed by atoms with van der Waals surface area (Å²) in [5.74, 6) is -0.228. The Labute approximate surface area is 182 Å². The molecule has 1 heterocycles. The largest absolute Gasteiger partial charge is 0.324 e. The van der Waals surface area contributed by atoms with Gasteiger partial charge < -0.3 is 5.32 Å². The highest BCUT2D eigenvalue weighted by Crippen LogP contribution is 2.21. The van der Waals surface area contributed by atoms with Gasteiger partial charge in [0.15, 0.2) is 5.03 Å². The zero-order valence-electron chi connectivity index (χ0n) is 16.4. The first-order chi connectivity index (χ1) is 14.2. The van der Waals surface area contributed by atoms with Gasteiger partial charge in [0, 0.05) is 16.2 Å². The summed E-state index contributed by atoms with van der Waals surface area (Å²) in [5.41, 5.74) is 0.983. The Morgan fingerprint density at radius 2 is 1.67 bits per heavy atom. The SMILES string of the molecule is CC(C)c1ccc(S(=O)(=O)c2ccc(=O)n(CC(=O)Nc3ccc(Br)cc3)n2)cc1. The van der Waals surface area contributed by atoms with Gasteiger partial charge in [0.05, 0.1) is 4.90 Å². The fourth-order valence-electron chi connectivity index (χ4n) is 2.71. The first kappa shape index (κ1) is 21.9. The van der Waals surface area contributed by atoms with E-state index in [2.05, 4.69) is 26.3 Å². The second-order valence-corrected chi connectivity index (χ2v) is 9.76. The van der Waals surface area contributed by atoms with Crippen molar-refractivity contribution >= 4 is 37.4 Å². The molecule has 3 aromatic rings. The van der Waals surface area contributed by atoms with Crippen LogP contribution in [0.4, 0.5) is 5.69 Å². The highest BCUT2D eigenvalue weighted by molar-refractivity contribution is 9.10. The lowest BCUT2D eigenvalue weighted by molar-refractivity contribution is -0.117. The standard InChI is InChI=1S/C21H20BrN3O4S/c1-14(2)15-3-9-18(10-4-15)30(28,29)20-11-12-21(27)25(24-20)13-19(26)23-17-7-5-16(22)6-8-17/h3-12,14H,13H2,1-2H3,(H,23,26). The topological polar surface area (TPSA) is 98.1 Å². The van der Waals surface area contributed by atoms with Crippen LogP contribution in [0.25, 0.3) is 0 Å². The summed E-state index contributed by atoms with van der Waals surface area (Å²) in [6.07, 6.45) is 0. The lowest BCUT2D eigenvalue weighted by atomic mass is 10.0. The van der Waals surface area contributed by atoms with E-state index in [9.17, 15) is 18.0 Å². The van der Waals surface area contributed by atoms with E-state index in [4.69, 9.17) is 0 Å². The van der Waals surface area contributed by atoms with E-state index >= 15 is 0 Å². The van der Waals surface area contributed by atoms with Gasteiger partial charge in [-0.25, -0.2) is 13.1 Å². The number of carbonyl (C=O) groups is 1. The molecule has 2 aromatic carbocycles. The highest BCUT2D eigenvalue weighted by atomic mass is 79.9. The highest BCUT2D eigenvalue weighted by Gasteiger charge is 2.21. The fraction of sp³-hybridized carbons (Fsp3) is 0.190. The molecular weight excluding hydrogens is 470 g/mol. The summed E-state index contributed by atoms with van der Waals surface area (Å²) in [5, 5.41) is 6.27. The third-order valence-corrected chi connectivity index (χ3v) is 6.59. The number of hydrogen-bond donors (Lipinski definition) is 1. The zero-order chi connectivity index (χ0) is 21.9. The Morgan fingerprint density at radius 1 is 1.03 bits per heavy atom. The second kappa shape index (κ2) is 8.93. The van der Waals surface area contributed by atoms with Crippen molar-refractivity contribution in [1.29, 1.82) is 0 Å². The second-order valence-electron chi connectivity index (χ2n) is 6.95. The summed E-state index contributed by atoms with van der Waals surface area (Å²) in [6.45, 7) is 3.62. The van der Waals surface area contributed by atoms with Crippen molar-refractivity contribution in [2.75, 3.05) is 5.32 Å². The number of aromatic nitrogens is 2. The summed E-state index contributed by atoms with van der Waals surface area (Å²) >= 11 is 3.31. The van der Waals surface area contributed by atoms with E-state index in [0.717, 1.165) is 26.9 Å². The molecular formula is C21H20BrN3O4S. The quantitative estimate of drug-likeness (QED) is 0.570. The average Bonchev–Trinajstić information content (AvgIpc) is 2.71. The molecule has 0 aliphatic carbocycles. The Kier molecular flexibility index (Phi) is 6.52. The number of nitrogens with one attached hydrogen (secondary N) is 1. The number of benzene rings is 2. The Bertz CT molecular complexity index is 1220. The zero-order valence-corrected chi connectivity index (χ0v) is 18.8. The van der Waals surface area contributed by atoms with Gasteiger partial charge in [0.1, 0.15) is 6.54 Å². The Balaban J connectivity index is 1.84. The number of nitrogens with zero attached hydrogens (tertiary/aromatic N) is 2. The molecule has 0 aliphatic heterocycles. The van der Waals surface area contributed by atoms with Crippen LogP contribution < -0.4 is 10.9 Å². The van der Waals surface area contributed by atoms with E-state index in [1.165, 1.54) is 12.1 Å². The molecule has 0 spiro atoms. The molecule has 0 fully saturated rings. The molecule has 9 heteroatoms. The van der Waals surface area contributed by atoms with E-state index in [1.807, 2.05) is 13.8 Å². The number of sulfone groups is 1. The van der Waals surface area contributed by atoms with Crippen LogP contribution in [0.3, 0.4) is 0 Å². The summed E-state index contributed by atoms with van der Waals surface area (Å²) in [7, 11) is -3.93. The number of carbonyl (C=O) groups excluding carboxylic acids is 1. The predicted octanol–water partition coefficient (Wildman–Crippen LogP) is 3.60. The van der Waals surface area contributed by atoms with Crippen molar-refractivity contribution in [3.63, 3.8) is 0 Å². The minimum absolute atomic E-state index is 0.0731. The van der Waals surface area contributed by atoms with Crippen molar-refractivity contribution in [3.05, 3.63) is 81.1 Å². The third-order valence-electron chi connectivity index (χ3n) is 4.40. The molecule has 0 saturated heterocycles. The van der Waals surface area contributed by atoms with Crippen molar-refractivity contribution < 1.29 is 13.2 Å². The number of rotatable bonds is 6. The molecule has 0 radical (unpaired) electrons. The third kappa shape index (κ3) is 5.03. The maximum atomic E-state index is 12.9. The number of hydrogen-bond acceptors (Lipinski definition) is 5. The Morgan fingerprint density at radius 3 is 2.27 bits per heavy atom. The molecule has 3 rings (SSSR count). The van der Waals surface area contributed by atoms with Crippen LogP contribution in [-0.4, -0.2) is 24.1 Å². The summed E-state index contributed by atoms with van der Waals surface area (Å²) in [6, 6.07) is 15.7. The maximum Gasteiger partial charge on any atom is 0.267 e. The summed E-state index contributed by atoms with van der Waals surface area (Å²) < 4.78 is 27.5. The monoisotopic (exact) mass is 489 g/mol. The van der Waals surface area contributed by atoms with Crippen LogP contribution in [-0.2, 0) is 21.2 Å². The van der Waals surface area contributed by atoms with Gasteiger partial charge in [-0.3, -0.25) is 9.59 Å². The average molecular weight is 490 g/mol. The van der Waals surface area contributed by atoms with Gasteiger partial charge in [-0.1, -0.05) is 41.9 Å². The molecule has 1 aromatic heterocycles. The van der Waals surface area contributed by atoms with Gasteiger partial charge >= 0.3 is 0 Å². The maximum absolute atomic E-state index is 12.9. The molecule has 0 bridgehead atoms. The smallest absolute Gasteiger partial charge is 0.267 e. The summed E-state index contributed by atoms with van der Waals surface area (Å²) in [4.78, 5) is 24.5. The van der Waals surface area contributed by atoms with Gasteiger partial charge in [-0.15, -0.1) is 0 Å². The lowest BCUT2D eigenvalue weighted by Crippen LogP contribution is -2.30. The minimum atomic E-state index is -3.93. The van der Waals surface area contributed by atoms with Crippen molar-refractivity contribution in [2.45, 2.75) is 36.2 Å². The predicted molar refractivity (Wildman–Crippen MR) is 117 cm³/mol. The normalized spacial score (nSPS) is 11.5. The van der Waals surface area contributed by atoms with Crippen molar-refractivity contribution in [2.24, 2.45) is 0 Å². The fourth-order valence-corrected chi connectivity index (χ4v) is 4.16. The van der Waals surface area contributed by atoms with E-state index in [-0.39, 0.29) is 15.8 Å². The number of anilines is 1. The van der Waals surface area contributed by atoms with E-state index in [0.29, 0.717) is 5.69 Å².